The van der Waals surface area contributed by atoms with Crippen LogP contribution >= 0.6 is 11.8 Å². The van der Waals surface area contributed by atoms with E-state index in [1.54, 1.807) is 0 Å². The van der Waals surface area contributed by atoms with Gasteiger partial charge in [-0.3, -0.25) is 0 Å². The number of aliphatic hydroxyl groups is 1. The topological polar surface area (TPSA) is 29.5 Å². The maximum absolute atomic E-state index is 9.73. The molecule has 0 aromatic rings. The van der Waals surface area contributed by atoms with Crippen LogP contribution in [0.15, 0.2) is 0 Å². The van der Waals surface area contributed by atoms with Gasteiger partial charge < -0.3 is 9.84 Å². The van der Waals surface area contributed by atoms with E-state index in [-0.39, 0.29) is 6.10 Å². The Morgan fingerprint density at radius 1 is 1.50 bits per heavy atom. The van der Waals surface area contributed by atoms with Crippen molar-refractivity contribution in [1.82, 2.24) is 0 Å². The normalized spacial score (nSPS) is 22.5. The van der Waals surface area contributed by atoms with Gasteiger partial charge in [-0.2, -0.15) is 11.8 Å². The summed E-state index contributed by atoms with van der Waals surface area (Å²) in [5.74, 6) is 2.47. The first-order valence-corrected chi connectivity index (χ1v) is 5.83. The molecule has 3 heteroatoms. The number of rotatable bonds is 4. The van der Waals surface area contributed by atoms with Crippen LogP contribution in [0.2, 0.25) is 0 Å². The summed E-state index contributed by atoms with van der Waals surface area (Å²) >= 11 is 1.82. The summed E-state index contributed by atoms with van der Waals surface area (Å²) in [4.78, 5) is 0. The lowest BCUT2D eigenvalue weighted by atomic mass is 9.95. The van der Waals surface area contributed by atoms with Crippen LogP contribution in [-0.2, 0) is 4.74 Å². The van der Waals surface area contributed by atoms with Crippen LogP contribution < -0.4 is 0 Å². The lowest BCUT2D eigenvalue weighted by Gasteiger charge is -2.26. The highest BCUT2D eigenvalue weighted by atomic mass is 32.2. The second kappa shape index (κ2) is 5.84. The van der Waals surface area contributed by atoms with Crippen molar-refractivity contribution in [2.24, 2.45) is 5.92 Å². The Bertz CT molecular complexity index is 113. The minimum atomic E-state index is -0.112. The maximum atomic E-state index is 9.73. The number of aliphatic hydroxyl groups excluding tert-OH is 1. The molecule has 72 valence electrons. The second-order valence-corrected chi connectivity index (χ2v) is 4.50. The van der Waals surface area contributed by atoms with E-state index < -0.39 is 0 Å². The Kier molecular flexibility index (Phi) is 5.04. The van der Waals surface area contributed by atoms with Crippen LogP contribution in [-0.4, -0.2) is 35.9 Å². The first-order valence-electron chi connectivity index (χ1n) is 4.68. The van der Waals surface area contributed by atoms with E-state index in [2.05, 4.69) is 6.92 Å². The van der Waals surface area contributed by atoms with Gasteiger partial charge in [-0.15, -0.1) is 0 Å². The summed E-state index contributed by atoms with van der Waals surface area (Å²) in [5, 5.41) is 9.73. The number of ether oxygens (including phenoxy) is 1. The van der Waals surface area contributed by atoms with E-state index in [0.29, 0.717) is 5.92 Å². The van der Waals surface area contributed by atoms with Gasteiger partial charge in [0.1, 0.15) is 0 Å². The molecule has 2 nitrogen and oxygen atoms in total. The Morgan fingerprint density at radius 2 is 2.17 bits per heavy atom. The van der Waals surface area contributed by atoms with E-state index in [1.165, 1.54) is 0 Å². The Balaban J connectivity index is 2.15. The van der Waals surface area contributed by atoms with Crippen LogP contribution in [0.5, 0.6) is 0 Å². The van der Waals surface area contributed by atoms with Crippen molar-refractivity contribution in [1.29, 1.82) is 0 Å². The highest BCUT2D eigenvalue weighted by Crippen LogP contribution is 2.21. The van der Waals surface area contributed by atoms with Crippen molar-refractivity contribution in [2.75, 3.05) is 24.7 Å². The summed E-state index contributed by atoms with van der Waals surface area (Å²) in [6, 6.07) is 0. The zero-order valence-electron chi connectivity index (χ0n) is 7.66. The van der Waals surface area contributed by atoms with E-state index in [0.717, 1.165) is 37.6 Å². The van der Waals surface area contributed by atoms with Gasteiger partial charge in [0.2, 0.25) is 0 Å². The average molecular weight is 190 g/mol. The van der Waals surface area contributed by atoms with E-state index in [1.807, 2.05) is 11.8 Å². The molecule has 12 heavy (non-hydrogen) atoms. The molecule has 1 aliphatic rings. The summed E-state index contributed by atoms with van der Waals surface area (Å²) in [5.41, 5.74) is 0. The molecule has 1 aliphatic heterocycles. The molecule has 0 aromatic carbocycles. The SMILES string of the molecule is CCSCC(O)C1CCOCC1. The molecule has 0 aromatic heterocycles. The summed E-state index contributed by atoms with van der Waals surface area (Å²) in [6.45, 7) is 3.79. The van der Waals surface area contributed by atoms with Gasteiger partial charge in [0, 0.05) is 19.0 Å². The zero-order chi connectivity index (χ0) is 8.81. The van der Waals surface area contributed by atoms with Gasteiger partial charge in [0.25, 0.3) is 0 Å². The molecule has 1 N–H and O–H groups in total. The molecule has 1 rings (SSSR count). The highest BCUT2D eigenvalue weighted by molar-refractivity contribution is 7.99. The maximum Gasteiger partial charge on any atom is 0.0660 e. The largest absolute Gasteiger partial charge is 0.392 e. The van der Waals surface area contributed by atoms with Crippen LogP contribution in [0.3, 0.4) is 0 Å². The highest BCUT2D eigenvalue weighted by Gasteiger charge is 2.21. The van der Waals surface area contributed by atoms with Crippen molar-refractivity contribution in [3.63, 3.8) is 0 Å². The summed E-state index contributed by atoms with van der Waals surface area (Å²) in [7, 11) is 0. The molecule has 1 atom stereocenters. The first kappa shape index (κ1) is 10.4. The van der Waals surface area contributed by atoms with E-state index in [9.17, 15) is 5.11 Å². The predicted molar refractivity (Wildman–Crippen MR) is 52.5 cm³/mol. The van der Waals surface area contributed by atoms with Gasteiger partial charge in [0.15, 0.2) is 0 Å². The van der Waals surface area contributed by atoms with E-state index >= 15 is 0 Å². The fraction of sp³-hybridized carbons (Fsp3) is 1.00. The molecule has 0 aliphatic carbocycles. The molecule has 0 radical (unpaired) electrons. The van der Waals surface area contributed by atoms with Gasteiger partial charge in [-0.25, -0.2) is 0 Å². The number of hydrogen-bond donors (Lipinski definition) is 1. The fourth-order valence-electron chi connectivity index (χ4n) is 1.48. The molecule has 1 saturated heterocycles. The quantitative estimate of drug-likeness (QED) is 0.729. The van der Waals surface area contributed by atoms with Crippen molar-refractivity contribution >= 4 is 11.8 Å². The lowest BCUT2D eigenvalue weighted by molar-refractivity contribution is 0.0169. The third-order valence-electron chi connectivity index (χ3n) is 2.30. The van der Waals surface area contributed by atoms with Crippen molar-refractivity contribution in [3.8, 4) is 0 Å². The predicted octanol–water partition coefficient (Wildman–Crippen LogP) is 1.53. The van der Waals surface area contributed by atoms with Gasteiger partial charge in [-0.1, -0.05) is 6.92 Å². The number of hydrogen-bond acceptors (Lipinski definition) is 3. The van der Waals surface area contributed by atoms with Crippen LogP contribution in [0.1, 0.15) is 19.8 Å². The molecule has 1 heterocycles. The average Bonchev–Trinajstić information content (AvgIpc) is 2.15. The Morgan fingerprint density at radius 3 is 2.75 bits per heavy atom. The van der Waals surface area contributed by atoms with Crippen LogP contribution in [0, 0.1) is 5.92 Å². The lowest BCUT2D eigenvalue weighted by Crippen LogP contribution is -2.29. The van der Waals surface area contributed by atoms with Gasteiger partial charge >= 0.3 is 0 Å². The summed E-state index contributed by atoms with van der Waals surface area (Å²) < 4.78 is 5.24. The van der Waals surface area contributed by atoms with Gasteiger partial charge in [0.05, 0.1) is 6.10 Å². The van der Waals surface area contributed by atoms with E-state index in [4.69, 9.17) is 4.74 Å². The molecular weight excluding hydrogens is 172 g/mol. The molecular formula is C9H18O2S. The Hall–Kier alpha value is 0.270. The van der Waals surface area contributed by atoms with Crippen LogP contribution in [0.4, 0.5) is 0 Å². The Labute approximate surface area is 78.7 Å². The standard InChI is InChI=1S/C9H18O2S/c1-2-12-7-9(10)8-3-5-11-6-4-8/h8-10H,2-7H2,1H3. The third kappa shape index (κ3) is 3.33. The molecule has 1 unspecified atom stereocenters. The molecule has 1 fully saturated rings. The van der Waals surface area contributed by atoms with Gasteiger partial charge in [-0.05, 0) is 24.5 Å². The monoisotopic (exact) mass is 190 g/mol. The third-order valence-corrected chi connectivity index (χ3v) is 3.29. The van der Waals surface area contributed by atoms with Crippen molar-refractivity contribution < 1.29 is 9.84 Å². The minimum Gasteiger partial charge on any atom is -0.392 e. The smallest absolute Gasteiger partial charge is 0.0660 e. The molecule has 0 saturated carbocycles. The summed E-state index contributed by atoms with van der Waals surface area (Å²) in [6.07, 6.45) is 1.95. The second-order valence-electron chi connectivity index (χ2n) is 3.18. The molecule has 0 bridgehead atoms. The van der Waals surface area contributed by atoms with Crippen molar-refractivity contribution in [2.45, 2.75) is 25.9 Å². The number of thioether (sulfide) groups is 1. The zero-order valence-corrected chi connectivity index (χ0v) is 8.48. The minimum absolute atomic E-state index is 0.112. The van der Waals surface area contributed by atoms with Crippen molar-refractivity contribution in [3.05, 3.63) is 0 Å². The fourth-order valence-corrected chi connectivity index (χ4v) is 2.22. The molecule has 0 amide bonds. The first-order chi connectivity index (χ1) is 5.84. The van der Waals surface area contributed by atoms with Crippen LogP contribution in [0.25, 0.3) is 0 Å². The molecule has 0 spiro atoms.